The number of hydrogen-bond acceptors (Lipinski definition) is 4. The van der Waals surface area contributed by atoms with E-state index >= 15 is 0 Å². The highest BCUT2D eigenvalue weighted by Gasteiger charge is 2.00. The van der Waals surface area contributed by atoms with Crippen LogP contribution in [0.1, 0.15) is 19.8 Å². The third-order valence-electron chi connectivity index (χ3n) is 2.79. The van der Waals surface area contributed by atoms with Crippen molar-refractivity contribution in [3.05, 3.63) is 0 Å². The van der Waals surface area contributed by atoms with E-state index in [-0.39, 0.29) is 0 Å². The number of aliphatic imine (C=N–C) groups is 1. The van der Waals surface area contributed by atoms with Crippen molar-refractivity contribution < 1.29 is 4.74 Å². The van der Waals surface area contributed by atoms with Crippen LogP contribution in [-0.4, -0.2) is 76.4 Å². The SMILES string of the molecule is CCNC(=NCCCSC)NCCN(C)CCCOC. The average Bonchev–Trinajstić information content (AvgIpc) is 2.44. The summed E-state index contributed by atoms with van der Waals surface area (Å²) in [6.07, 6.45) is 4.34. The molecule has 5 nitrogen and oxygen atoms in total. The second kappa shape index (κ2) is 14.9. The van der Waals surface area contributed by atoms with Gasteiger partial charge in [-0.15, -0.1) is 0 Å². The first-order valence-corrected chi connectivity index (χ1v) is 8.82. The summed E-state index contributed by atoms with van der Waals surface area (Å²) in [6, 6.07) is 0. The molecule has 0 aliphatic rings. The maximum Gasteiger partial charge on any atom is 0.191 e. The zero-order valence-electron chi connectivity index (χ0n) is 13.6. The molecule has 0 rings (SSSR count). The van der Waals surface area contributed by atoms with E-state index in [0.29, 0.717) is 0 Å². The van der Waals surface area contributed by atoms with Crippen molar-refractivity contribution in [2.24, 2.45) is 4.99 Å². The van der Waals surface area contributed by atoms with Gasteiger partial charge in [-0.05, 0) is 38.8 Å². The molecule has 20 heavy (non-hydrogen) atoms. The molecule has 0 fully saturated rings. The van der Waals surface area contributed by atoms with Gasteiger partial charge in [0.2, 0.25) is 0 Å². The van der Waals surface area contributed by atoms with Gasteiger partial charge < -0.3 is 20.3 Å². The summed E-state index contributed by atoms with van der Waals surface area (Å²) in [4.78, 5) is 6.87. The molecule has 0 aliphatic heterocycles. The van der Waals surface area contributed by atoms with Crippen LogP contribution in [0.5, 0.6) is 0 Å². The van der Waals surface area contributed by atoms with E-state index in [1.54, 1.807) is 7.11 Å². The van der Waals surface area contributed by atoms with Gasteiger partial charge in [-0.25, -0.2) is 0 Å². The first-order valence-electron chi connectivity index (χ1n) is 7.43. The highest BCUT2D eigenvalue weighted by molar-refractivity contribution is 7.98. The van der Waals surface area contributed by atoms with E-state index in [9.17, 15) is 0 Å². The Morgan fingerprint density at radius 3 is 2.70 bits per heavy atom. The molecular weight excluding hydrogens is 272 g/mol. The van der Waals surface area contributed by atoms with Crippen LogP contribution in [0.25, 0.3) is 0 Å². The third kappa shape index (κ3) is 12.6. The van der Waals surface area contributed by atoms with E-state index in [4.69, 9.17) is 4.74 Å². The van der Waals surface area contributed by atoms with Crippen LogP contribution in [-0.2, 0) is 4.74 Å². The molecule has 0 atom stereocenters. The summed E-state index contributed by atoms with van der Waals surface area (Å²) < 4.78 is 5.06. The maximum atomic E-state index is 5.06. The minimum Gasteiger partial charge on any atom is -0.385 e. The number of hydrogen-bond donors (Lipinski definition) is 2. The molecule has 0 amide bonds. The first-order chi connectivity index (χ1) is 9.74. The molecule has 0 aromatic carbocycles. The normalized spacial score (nSPS) is 11.9. The van der Waals surface area contributed by atoms with E-state index in [1.807, 2.05) is 11.8 Å². The van der Waals surface area contributed by atoms with Crippen molar-refractivity contribution in [3.63, 3.8) is 0 Å². The predicted octanol–water partition coefficient (Wildman–Crippen LogP) is 1.26. The Morgan fingerprint density at radius 1 is 1.25 bits per heavy atom. The van der Waals surface area contributed by atoms with Crippen molar-refractivity contribution in [3.8, 4) is 0 Å². The van der Waals surface area contributed by atoms with Crippen LogP contribution < -0.4 is 10.6 Å². The fourth-order valence-corrected chi connectivity index (χ4v) is 2.12. The molecule has 0 saturated carbocycles. The van der Waals surface area contributed by atoms with Crippen molar-refractivity contribution >= 4 is 17.7 Å². The molecule has 0 saturated heterocycles. The van der Waals surface area contributed by atoms with Crippen LogP contribution in [0.3, 0.4) is 0 Å². The molecule has 0 spiro atoms. The minimum atomic E-state index is 0.831. The first kappa shape index (κ1) is 19.5. The van der Waals surface area contributed by atoms with E-state index in [2.05, 4.69) is 40.8 Å². The number of thioether (sulfide) groups is 1. The van der Waals surface area contributed by atoms with Gasteiger partial charge in [0.1, 0.15) is 0 Å². The lowest BCUT2D eigenvalue weighted by atomic mass is 10.4. The zero-order valence-corrected chi connectivity index (χ0v) is 14.4. The van der Waals surface area contributed by atoms with E-state index in [0.717, 1.165) is 58.1 Å². The molecular formula is C14H32N4OS. The van der Waals surface area contributed by atoms with Crippen LogP contribution in [0.2, 0.25) is 0 Å². The molecule has 0 bridgehead atoms. The van der Waals surface area contributed by atoms with Crippen molar-refractivity contribution in [1.29, 1.82) is 0 Å². The largest absolute Gasteiger partial charge is 0.385 e. The van der Waals surface area contributed by atoms with Gasteiger partial charge in [-0.2, -0.15) is 11.8 Å². The second-order valence-corrected chi connectivity index (χ2v) is 5.67. The fourth-order valence-electron chi connectivity index (χ4n) is 1.70. The van der Waals surface area contributed by atoms with Crippen LogP contribution in [0.4, 0.5) is 0 Å². The van der Waals surface area contributed by atoms with Gasteiger partial charge in [0.15, 0.2) is 5.96 Å². The van der Waals surface area contributed by atoms with Gasteiger partial charge in [0.05, 0.1) is 0 Å². The van der Waals surface area contributed by atoms with Crippen molar-refractivity contribution in [2.45, 2.75) is 19.8 Å². The lowest BCUT2D eigenvalue weighted by Gasteiger charge is -2.18. The average molecular weight is 305 g/mol. The van der Waals surface area contributed by atoms with Gasteiger partial charge in [0.25, 0.3) is 0 Å². The molecule has 6 heteroatoms. The maximum absolute atomic E-state index is 5.06. The second-order valence-electron chi connectivity index (χ2n) is 4.68. The lowest BCUT2D eigenvalue weighted by molar-refractivity contribution is 0.180. The number of nitrogens with zero attached hydrogens (tertiary/aromatic N) is 2. The van der Waals surface area contributed by atoms with Crippen LogP contribution in [0.15, 0.2) is 4.99 Å². The van der Waals surface area contributed by atoms with Crippen LogP contribution >= 0.6 is 11.8 Å². The molecule has 2 N–H and O–H groups in total. The third-order valence-corrected chi connectivity index (χ3v) is 3.49. The summed E-state index contributed by atoms with van der Waals surface area (Å²) >= 11 is 1.87. The van der Waals surface area contributed by atoms with Crippen molar-refractivity contribution in [2.75, 3.05) is 65.5 Å². The smallest absolute Gasteiger partial charge is 0.191 e. The Morgan fingerprint density at radius 2 is 2.05 bits per heavy atom. The highest BCUT2D eigenvalue weighted by Crippen LogP contribution is 1.95. The number of nitrogens with one attached hydrogen (secondary N) is 2. The number of ether oxygens (including phenoxy) is 1. The molecule has 120 valence electrons. The van der Waals surface area contributed by atoms with Gasteiger partial charge >= 0.3 is 0 Å². The molecule has 0 aromatic heterocycles. The molecule has 0 radical (unpaired) electrons. The molecule has 0 aliphatic carbocycles. The Labute approximate surface area is 128 Å². The quantitative estimate of drug-likeness (QED) is 0.323. The van der Waals surface area contributed by atoms with Crippen LogP contribution in [0, 0.1) is 0 Å². The van der Waals surface area contributed by atoms with E-state index in [1.165, 1.54) is 5.75 Å². The monoisotopic (exact) mass is 304 g/mol. The van der Waals surface area contributed by atoms with Gasteiger partial charge in [-0.1, -0.05) is 0 Å². The summed E-state index contributed by atoms with van der Waals surface area (Å²) in [5, 5.41) is 6.66. The lowest BCUT2D eigenvalue weighted by Crippen LogP contribution is -2.41. The molecule has 0 aromatic rings. The Balaban J connectivity index is 3.78. The number of methoxy groups -OCH3 is 1. The number of rotatable bonds is 12. The van der Waals surface area contributed by atoms with Gasteiger partial charge in [0, 0.05) is 46.4 Å². The fraction of sp³-hybridized carbons (Fsp3) is 0.929. The summed E-state index contributed by atoms with van der Waals surface area (Å²) in [7, 11) is 3.89. The number of guanidine groups is 1. The topological polar surface area (TPSA) is 48.9 Å². The summed E-state index contributed by atoms with van der Waals surface area (Å²) in [5.74, 6) is 2.10. The number of likely N-dealkylation sites (N-methyl/N-ethyl adjacent to an activating group) is 1. The zero-order chi connectivity index (χ0) is 15.1. The Hall–Kier alpha value is -0.460. The highest BCUT2D eigenvalue weighted by atomic mass is 32.2. The summed E-state index contributed by atoms with van der Waals surface area (Å²) in [5.41, 5.74) is 0. The molecule has 0 heterocycles. The van der Waals surface area contributed by atoms with Gasteiger partial charge in [-0.3, -0.25) is 4.99 Å². The minimum absolute atomic E-state index is 0.831. The Bertz CT molecular complexity index is 239. The summed E-state index contributed by atoms with van der Waals surface area (Å²) in [6.45, 7) is 7.71. The predicted molar refractivity (Wildman–Crippen MR) is 91.0 cm³/mol. The van der Waals surface area contributed by atoms with Crippen molar-refractivity contribution in [1.82, 2.24) is 15.5 Å². The van der Waals surface area contributed by atoms with E-state index < -0.39 is 0 Å². The standard InChI is InChI=1S/C14H32N4OS/c1-5-15-14(16-8-6-13-20-4)17-9-11-18(2)10-7-12-19-3/h5-13H2,1-4H3,(H2,15,16,17). The Kier molecular flexibility index (Phi) is 14.6. The molecule has 0 unspecified atom stereocenters.